The van der Waals surface area contributed by atoms with Gasteiger partial charge in [-0.25, -0.2) is 9.59 Å². The molecule has 4 rings (SSSR count). The van der Waals surface area contributed by atoms with Crippen molar-refractivity contribution in [3.8, 4) is 11.5 Å². The quantitative estimate of drug-likeness (QED) is 0.397. The maximum atomic E-state index is 11.5. The second-order valence-electron chi connectivity index (χ2n) is 7.68. The summed E-state index contributed by atoms with van der Waals surface area (Å²) in [6, 6.07) is 9.62. The first-order valence-corrected chi connectivity index (χ1v) is 10.2. The van der Waals surface area contributed by atoms with Crippen molar-refractivity contribution in [1.29, 1.82) is 0 Å². The highest BCUT2D eigenvalue weighted by molar-refractivity contribution is 6.27. The van der Waals surface area contributed by atoms with Crippen LogP contribution in [0.15, 0.2) is 30.3 Å². The second kappa shape index (κ2) is 10.2. The van der Waals surface area contributed by atoms with Gasteiger partial charge in [0.25, 0.3) is 5.69 Å². The topological polar surface area (TPSA) is 143 Å². The number of nitro groups is 1. The molecule has 33 heavy (non-hydrogen) atoms. The average molecular weight is 459 g/mol. The smallest absolute Gasteiger partial charge is 0.414 e. The number of nitrogens with zero attached hydrogens (tertiary/aromatic N) is 3. The van der Waals surface area contributed by atoms with E-state index in [0.717, 1.165) is 26.2 Å². The van der Waals surface area contributed by atoms with Crippen LogP contribution in [0.4, 0.5) is 11.4 Å². The van der Waals surface area contributed by atoms with Gasteiger partial charge in [0.15, 0.2) is 11.5 Å². The third kappa shape index (κ3) is 5.69. The van der Waals surface area contributed by atoms with Crippen LogP contribution in [-0.2, 0) is 16.1 Å². The van der Waals surface area contributed by atoms with Crippen molar-refractivity contribution in [3.05, 3.63) is 57.1 Å². The zero-order valence-electron chi connectivity index (χ0n) is 18.3. The van der Waals surface area contributed by atoms with E-state index in [1.165, 1.54) is 22.9 Å². The van der Waals surface area contributed by atoms with Gasteiger partial charge in [-0.1, -0.05) is 12.1 Å². The Bertz CT molecular complexity index is 1050. The maximum absolute atomic E-state index is 11.5. The zero-order valence-corrected chi connectivity index (χ0v) is 18.3. The minimum absolute atomic E-state index is 0.0937. The number of hydrogen-bond donors (Lipinski definition) is 2. The van der Waals surface area contributed by atoms with Crippen molar-refractivity contribution in [2.24, 2.45) is 0 Å². The Labute approximate surface area is 189 Å². The molecular weight excluding hydrogens is 434 g/mol. The van der Waals surface area contributed by atoms with Gasteiger partial charge in [0, 0.05) is 44.0 Å². The zero-order chi connectivity index (χ0) is 24.1. The molecule has 2 aliphatic rings. The van der Waals surface area contributed by atoms with Crippen LogP contribution in [0.5, 0.6) is 11.5 Å². The molecule has 2 aromatic rings. The van der Waals surface area contributed by atoms with Crippen molar-refractivity contribution in [1.82, 2.24) is 4.90 Å². The van der Waals surface area contributed by atoms with E-state index in [9.17, 15) is 10.1 Å². The Hall–Kier alpha value is -3.86. The summed E-state index contributed by atoms with van der Waals surface area (Å²) >= 11 is 0. The van der Waals surface area contributed by atoms with Crippen LogP contribution in [-0.4, -0.2) is 64.9 Å². The van der Waals surface area contributed by atoms with Gasteiger partial charge in [0.2, 0.25) is 6.79 Å². The maximum Gasteiger partial charge on any atom is 0.414 e. The van der Waals surface area contributed by atoms with Crippen molar-refractivity contribution in [2.75, 3.05) is 37.9 Å². The van der Waals surface area contributed by atoms with Crippen molar-refractivity contribution >= 4 is 23.3 Å². The summed E-state index contributed by atoms with van der Waals surface area (Å²) in [6.07, 6.45) is 0. The first-order valence-electron chi connectivity index (χ1n) is 10.2. The Morgan fingerprint density at radius 1 is 1.03 bits per heavy atom. The summed E-state index contributed by atoms with van der Waals surface area (Å²) in [5.74, 6) is -2.61. The number of aliphatic carboxylic acids is 2. The van der Waals surface area contributed by atoms with E-state index in [-0.39, 0.29) is 17.4 Å². The van der Waals surface area contributed by atoms with Gasteiger partial charge >= 0.3 is 11.9 Å². The molecule has 0 aliphatic carbocycles. The largest absolute Gasteiger partial charge is 0.473 e. The second-order valence-corrected chi connectivity index (χ2v) is 7.68. The molecule has 2 aliphatic heterocycles. The molecule has 0 bridgehead atoms. The molecule has 1 fully saturated rings. The summed E-state index contributed by atoms with van der Waals surface area (Å²) in [4.78, 5) is 34.0. The molecule has 0 aromatic heterocycles. The molecule has 176 valence electrons. The van der Waals surface area contributed by atoms with Gasteiger partial charge in [0.05, 0.1) is 11.0 Å². The number of carboxylic acid groups (broad SMARTS) is 2. The number of nitro benzene ring substituents is 1. The molecule has 0 atom stereocenters. The summed E-state index contributed by atoms with van der Waals surface area (Å²) < 4.78 is 10.7. The van der Waals surface area contributed by atoms with E-state index in [1.54, 1.807) is 6.07 Å². The molecule has 1 saturated heterocycles. The lowest BCUT2D eigenvalue weighted by Gasteiger charge is -2.37. The SMILES string of the molecule is Cc1cccc(N2CCN(Cc3cc4c(cc3[N+](=O)[O-])OCO4)CC2)c1C.O=C(O)C(=O)O. The molecule has 2 N–H and O–H groups in total. The number of anilines is 1. The fraction of sp³-hybridized carbons (Fsp3) is 0.364. The van der Waals surface area contributed by atoms with Gasteiger partial charge < -0.3 is 24.6 Å². The number of rotatable bonds is 4. The van der Waals surface area contributed by atoms with Gasteiger partial charge in [-0.15, -0.1) is 0 Å². The van der Waals surface area contributed by atoms with E-state index in [4.69, 9.17) is 29.3 Å². The minimum atomic E-state index is -1.82. The number of ether oxygens (including phenoxy) is 2. The summed E-state index contributed by atoms with van der Waals surface area (Å²) in [7, 11) is 0. The minimum Gasteiger partial charge on any atom is -0.473 e. The Kier molecular flexibility index (Phi) is 7.34. The number of carboxylic acids is 2. The van der Waals surface area contributed by atoms with Crippen LogP contribution in [0.2, 0.25) is 0 Å². The first kappa shape index (κ1) is 23.8. The van der Waals surface area contributed by atoms with Gasteiger partial charge in [-0.05, 0) is 37.1 Å². The Morgan fingerprint density at radius 2 is 1.64 bits per heavy atom. The van der Waals surface area contributed by atoms with E-state index < -0.39 is 11.9 Å². The number of aryl methyl sites for hydroxylation is 1. The highest BCUT2D eigenvalue weighted by atomic mass is 16.7. The van der Waals surface area contributed by atoms with Crippen LogP contribution in [0, 0.1) is 24.0 Å². The predicted molar refractivity (Wildman–Crippen MR) is 118 cm³/mol. The van der Waals surface area contributed by atoms with Gasteiger partial charge in [-0.2, -0.15) is 0 Å². The molecule has 0 amide bonds. The first-order chi connectivity index (χ1) is 15.7. The monoisotopic (exact) mass is 459 g/mol. The lowest BCUT2D eigenvalue weighted by molar-refractivity contribution is -0.385. The lowest BCUT2D eigenvalue weighted by atomic mass is 10.1. The highest BCUT2D eigenvalue weighted by Crippen LogP contribution is 2.38. The van der Waals surface area contributed by atoms with Crippen LogP contribution < -0.4 is 14.4 Å². The summed E-state index contributed by atoms with van der Waals surface area (Å²) in [6.45, 7) is 8.47. The van der Waals surface area contributed by atoms with Gasteiger partial charge in [0.1, 0.15) is 0 Å². The molecular formula is C22H25N3O8. The molecule has 0 radical (unpaired) electrons. The fourth-order valence-electron chi connectivity index (χ4n) is 3.74. The number of hydrogen-bond acceptors (Lipinski definition) is 8. The van der Waals surface area contributed by atoms with Gasteiger partial charge in [-0.3, -0.25) is 15.0 Å². The van der Waals surface area contributed by atoms with Crippen molar-refractivity contribution in [3.63, 3.8) is 0 Å². The third-order valence-electron chi connectivity index (χ3n) is 5.64. The van der Waals surface area contributed by atoms with Crippen molar-refractivity contribution in [2.45, 2.75) is 20.4 Å². The Morgan fingerprint density at radius 3 is 2.21 bits per heavy atom. The van der Waals surface area contributed by atoms with Crippen LogP contribution >= 0.6 is 0 Å². The van der Waals surface area contributed by atoms with E-state index in [1.807, 2.05) is 0 Å². The molecule has 11 nitrogen and oxygen atoms in total. The number of carbonyl (C=O) groups is 2. The lowest BCUT2D eigenvalue weighted by Crippen LogP contribution is -2.46. The number of benzene rings is 2. The molecule has 2 aromatic carbocycles. The Balaban J connectivity index is 0.000000454. The average Bonchev–Trinajstić information content (AvgIpc) is 3.23. The van der Waals surface area contributed by atoms with E-state index in [2.05, 4.69) is 41.8 Å². The van der Waals surface area contributed by atoms with Crippen molar-refractivity contribution < 1.29 is 34.2 Å². The molecule has 11 heteroatoms. The third-order valence-corrected chi connectivity index (χ3v) is 5.64. The molecule has 0 saturated carbocycles. The van der Waals surface area contributed by atoms with Crippen LogP contribution in [0.1, 0.15) is 16.7 Å². The highest BCUT2D eigenvalue weighted by Gasteiger charge is 2.26. The molecule has 2 heterocycles. The standard InChI is InChI=1S/C20H23N3O4.C2H2O4/c1-14-4-3-5-17(15(14)2)22-8-6-21(7-9-22)12-16-10-19-20(27-13-26-19)11-18(16)23(24)25;3-1(4)2(5)6/h3-5,10-11H,6-9,12-13H2,1-2H3;(H,3,4)(H,5,6). The summed E-state index contributed by atoms with van der Waals surface area (Å²) in [5.41, 5.74) is 4.66. The summed E-state index contributed by atoms with van der Waals surface area (Å²) in [5, 5.41) is 26.2. The number of fused-ring (bicyclic) bond motifs is 1. The fourth-order valence-corrected chi connectivity index (χ4v) is 3.74. The molecule has 0 spiro atoms. The predicted octanol–water partition coefficient (Wildman–Crippen LogP) is 2.42. The number of piperazine rings is 1. The molecule has 0 unspecified atom stereocenters. The van der Waals surface area contributed by atoms with E-state index >= 15 is 0 Å². The van der Waals surface area contributed by atoms with E-state index in [0.29, 0.717) is 23.6 Å². The van der Waals surface area contributed by atoms with Crippen LogP contribution in [0.3, 0.4) is 0 Å². The van der Waals surface area contributed by atoms with Crippen LogP contribution in [0.25, 0.3) is 0 Å². The normalized spacial score (nSPS) is 14.9.